The van der Waals surface area contributed by atoms with E-state index in [2.05, 4.69) is 24.4 Å². The molecule has 1 amide bonds. The van der Waals surface area contributed by atoms with Gasteiger partial charge in [-0.25, -0.2) is 0 Å². The summed E-state index contributed by atoms with van der Waals surface area (Å²) < 4.78 is 4.74. The molecule has 0 aromatic heterocycles. The summed E-state index contributed by atoms with van der Waals surface area (Å²) in [5.41, 5.74) is 3.01. The van der Waals surface area contributed by atoms with Gasteiger partial charge in [-0.1, -0.05) is 55.5 Å². The summed E-state index contributed by atoms with van der Waals surface area (Å²) in [6.07, 6.45) is 0.918. The lowest BCUT2D eigenvalue weighted by atomic mass is 9.88. The highest BCUT2D eigenvalue weighted by Crippen LogP contribution is 2.32. The fourth-order valence-electron chi connectivity index (χ4n) is 2.59. The molecule has 2 aromatic rings. The quantitative estimate of drug-likeness (QED) is 0.827. The molecule has 0 aliphatic heterocycles. The Morgan fingerprint density at radius 2 is 1.70 bits per heavy atom. The van der Waals surface area contributed by atoms with Gasteiger partial charge in [0.25, 0.3) is 5.91 Å². The van der Waals surface area contributed by atoms with Gasteiger partial charge in [0.2, 0.25) is 0 Å². The largest absolute Gasteiger partial charge is 0.456 e. The van der Waals surface area contributed by atoms with Crippen molar-refractivity contribution in [3.63, 3.8) is 0 Å². The molecule has 0 aliphatic carbocycles. The summed E-state index contributed by atoms with van der Waals surface area (Å²) in [4.78, 5) is 22.7. The Hall–Kier alpha value is -2.62. The van der Waals surface area contributed by atoms with Gasteiger partial charge in [-0.3, -0.25) is 9.59 Å². The van der Waals surface area contributed by atoms with Gasteiger partial charge in [-0.15, -0.1) is 0 Å². The molecular weight excluding hydrogens is 290 g/mol. The number of hydrogen-bond acceptors (Lipinski definition) is 3. The van der Waals surface area contributed by atoms with Gasteiger partial charge >= 0.3 is 5.97 Å². The van der Waals surface area contributed by atoms with Crippen LogP contribution in [0.25, 0.3) is 0 Å². The first-order valence-corrected chi connectivity index (χ1v) is 7.69. The van der Waals surface area contributed by atoms with Gasteiger partial charge in [-0.05, 0) is 23.6 Å². The van der Waals surface area contributed by atoms with Crippen molar-refractivity contribution in [3.05, 3.63) is 65.7 Å². The topological polar surface area (TPSA) is 55.4 Å². The van der Waals surface area contributed by atoms with Gasteiger partial charge in [0.05, 0.1) is 0 Å². The zero-order valence-corrected chi connectivity index (χ0v) is 13.4. The maximum Gasteiger partial charge on any atom is 0.303 e. The average molecular weight is 311 g/mol. The molecule has 0 saturated heterocycles. The van der Waals surface area contributed by atoms with Crippen molar-refractivity contribution in [1.82, 2.24) is 0 Å². The number of para-hydroxylation sites is 1. The number of nitrogens with one attached hydrogen (secondary N) is 1. The monoisotopic (exact) mass is 311 g/mol. The van der Waals surface area contributed by atoms with Gasteiger partial charge < -0.3 is 10.1 Å². The van der Waals surface area contributed by atoms with Crippen LogP contribution < -0.4 is 5.32 Å². The first kappa shape index (κ1) is 16.7. The Bertz CT molecular complexity index is 667. The highest BCUT2D eigenvalue weighted by atomic mass is 16.5. The third-order valence-corrected chi connectivity index (χ3v) is 3.63. The molecular formula is C19H21NO3. The zero-order valence-electron chi connectivity index (χ0n) is 13.4. The molecule has 23 heavy (non-hydrogen) atoms. The summed E-state index contributed by atoms with van der Waals surface area (Å²) >= 11 is 0. The second-order valence-electron chi connectivity index (χ2n) is 5.29. The van der Waals surface area contributed by atoms with Crippen molar-refractivity contribution in [2.75, 3.05) is 11.9 Å². The normalized spacial score (nSPS) is 11.6. The van der Waals surface area contributed by atoms with Crippen LogP contribution in [0.2, 0.25) is 0 Å². The molecule has 2 rings (SSSR count). The third-order valence-electron chi connectivity index (χ3n) is 3.63. The van der Waals surface area contributed by atoms with Gasteiger partial charge in [-0.2, -0.15) is 0 Å². The van der Waals surface area contributed by atoms with E-state index in [0.29, 0.717) is 0 Å². The molecule has 0 spiro atoms. The summed E-state index contributed by atoms with van der Waals surface area (Å²) in [7, 11) is 0. The molecule has 0 radical (unpaired) electrons. The zero-order chi connectivity index (χ0) is 16.7. The lowest BCUT2D eigenvalue weighted by molar-refractivity contribution is -0.144. The summed E-state index contributed by atoms with van der Waals surface area (Å²) in [6, 6.07) is 17.9. The van der Waals surface area contributed by atoms with E-state index in [9.17, 15) is 9.59 Å². The molecule has 4 nitrogen and oxygen atoms in total. The van der Waals surface area contributed by atoms with Crippen LogP contribution >= 0.6 is 0 Å². The van der Waals surface area contributed by atoms with Crippen LogP contribution in [0.5, 0.6) is 0 Å². The summed E-state index contributed by atoms with van der Waals surface area (Å²) in [5.74, 6) is -0.610. The molecule has 120 valence electrons. The number of benzene rings is 2. The third kappa shape index (κ3) is 4.68. The van der Waals surface area contributed by atoms with Crippen molar-refractivity contribution < 1.29 is 14.3 Å². The number of amides is 1. The van der Waals surface area contributed by atoms with E-state index in [0.717, 1.165) is 17.7 Å². The number of carbonyl (C=O) groups excluding carboxylic acids is 2. The smallest absolute Gasteiger partial charge is 0.303 e. The Kier molecular flexibility index (Phi) is 5.92. The standard InChI is InChI=1S/C19H21NO3/c1-3-16(15-9-5-4-6-10-15)17-11-7-8-12-18(17)20-19(22)13-23-14(2)21/h4-12,16H,3,13H2,1-2H3,(H,20,22). The summed E-state index contributed by atoms with van der Waals surface area (Å²) in [5, 5.41) is 2.83. The van der Waals surface area contributed by atoms with Crippen LogP contribution in [-0.4, -0.2) is 18.5 Å². The molecule has 4 heteroatoms. The number of esters is 1. The highest BCUT2D eigenvalue weighted by Gasteiger charge is 2.16. The predicted octanol–water partition coefficient (Wildman–Crippen LogP) is 3.73. The molecule has 2 aromatic carbocycles. The van der Waals surface area contributed by atoms with Crippen molar-refractivity contribution >= 4 is 17.6 Å². The molecule has 0 saturated carbocycles. The van der Waals surface area contributed by atoms with Crippen LogP contribution in [0.15, 0.2) is 54.6 Å². The van der Waals surface area contributed by atoms with Gasteiger partial charge in [0, 0.05) is 18.5 Å². The first-order valence-electron chi connectivity index (χ1n) is 7.69. The SMILES string of the molecule is CCC(c1ccccc1)c1ccccc1NC(=O)COC(C)=O. The Labute approximate surface area is 136 Å². The van der Waals surface area contributed by atoms with E-state index in [4.69, 9.17) is 4.74 Å². The average Bonchev–Trinajstić information content (AvgIpc) is 2.56. The minimum absolute atomic E-state index is 0.196. The maximum absolute atomic E-state index is 11.9. The fourth-order valence-corrected chi connectivity index (χ4v) is 2.59. The van der Waals surface area contributed by atoms with E-state index in [1.54, 1.807) is 0 Å². The number of ether oxygens (including phenoxy) is 1. The van der Waals surface area contributed by atoms with Crippen molar-refractivity contribution in [3.8, 4) is 0 Å². The second-order valence-corrected chi connectivity index (χ2v) is 5.29. The Morgan fingerprint density at radius 3 is 2.35 bits per heavy atom. The lowest BCUT2D eigenvalue weighted by Crippen LogP contribution is -2.21. The molecule has 0 fully saturated rings. The minimum Gasteiger partial charge on any atom is -0.456 e. The maximum atomic E-state index is 11.9. The number of hydrogen-bond donors (Lipinski definition) is 1. The van der Waals surface area contributed by atoms with Crippen LogP contribution in [0.1, 0.15) is 37.3 Å². The first-order chi connectivity index (χ1) is 11.1. The highest BCUT2D eigenvalue weighted by molar-refractivity contribution is 5.93. The van der Waals surface area contributed by atoms with E-state index in [-0.39, 0.29) is 18.4 Å². The van der Waals surface area contributed by atoms with Crippen molar-refractivity contribution in [2.24, 2.45) is 0 Å². The molecule has 0 bridgehead atoms. The minimum atomic E-state index is -0.468. The predicted molar refractivity (Wildman–Crippen MR) is 90.3 cm³/mol. The number of anilines is 1. The van der Waals surface area contributed by atoms with Crippen LogP contribution in [-0.2, 0) is 14.3 Å². The summed E-state index contributed by atoms with van der Waals surface area (Å²) in [6.45, 7) is 3.13. The van der Waals surface area contributed by atoms with Crippen LogP contribution in [0, 0.1) is 0 Å². The molecule has 1 unspecified atom stereocenters. The lowest BCUT2D eigenvalue weighted by Gasteiger charge is -2.20. The molecule has 1 atom stereocenters. The van der Waals surface area contributed by atoms with E-state index in [1.807, 2.05) is 42.5 Å². The van der Waals surface area contributed by atoms with Crippen LogP contribution in [0.4, 0.5) is 5.69 Å². The van der Waals surface area contributed by atoms with Gasteiger partial charge in [0.15, 0.2) is 6.61 Å². The molecule has 1 N–H and O–H groups in total. The fraction of sp³-hybridized carbons (Fsp3) is 0.263. The number of rotatable bonds is 6. The number of carbonyl (C=O) groups is 2. The van der Waals surface area contributed by atoms with Gasteiger partial charge in [0.1, 0.15) is 0 Å². The van der Waals surface area contributed by atoms with Crippen molar-refractivity contribution in [2.45, 2.75) is 26.2 Å². The molecule has 0 aliphatic rings. The van der Waals surface area contributed by atoms with E-state index < -0.39 is 5.97 Å². The van der Waals surface area contributed by atoms with E-state index in [1.165, 1.54) is 12.5 Å². The Balaban J connectivity index is 2.22. The second kappa shape index (κ2) is 8.13. The van der Waals surface area contributed by atoms with Crippen molar-refractivity contribution in [1.29, 1.82) is 0 Å². The Morgan fingerprint density at radius 1 is 1.04 bits per heavy atom. The molecule has 0 heterocycles. The van der Waals surface area contributed by atoms with Crippen LogP contribution in [0.3, 0.4) is 0 Å². The van der Waals surface area contributed by atoms with E-state index >= 15 is 0 Å².